The number of aliphatic hydroxyl groups is 1. The van der Waals surface area contributed by atoms with Gasteiger partial charge in [-0.2, -0.15) is 0 Å². The van der Waals surface area contributed by atoms with Crippen molar-refractivity contribution >= 4 is 11.6 Å². The molecule has 1 aliphatic heterocycles. The Bertz CT molecular complexity index is 532. The first kappa shape index (κ1) is 12.7. The maximum absolute atomic E-state index is 12.4. The van der Waals surface area contributed by atoms with Crippen molar-refractivity contribution in [3.63, 3.8) is 0 Å². The summed E-state index contributed by atoms with van der Waals surface area (Å²) in [5.41, 5.74) is 2.52. The highest BCUT2D eigenvalue weighted by Crippen LogP contribution is 2.47. The van der Waals surface area contributed by atoms with Crippen LogP contribution in [0.1, 0.15) is 48.8 Å². The molecule has 1 amide bonds. The summed E-state index contributed by atoms with van der Waals surface area (Å²) in [4.78, 5) is 12.4. The topological polar surface area (TPSA) is 49.3 Å². The van der Waals surface area contributed by atoms with Gasteiger partial charge in [0, 0.05) is 11.5 Å². The van der Waals surface area contributed by atoms with Gasteiger partial charge in [-0.1, -0.05) is 31.4 Å². The van der Waals surface area contributed by atoms with Gasteiger partial charge < -0.3 is 10.4 Å². The van der Waals surface area contributed by atoms with Gasteiger partial charge in [-0.25, -0.2) is 0 Å². The quantitative estimate of drug-likeness (QED) is 0.814. The van der Waals surface area contributed by atoms with Gasteiger partial charge >= 0.3 is 0 Å². The Morgan fingerprint density at radius 3 is 2.58 bits per heavy atom. The molecule has 0 saturated heterocycles. The van der Waals surface area contributed by atoms with Crippen LogP contribution in [0.15, 0.2) is 12.1 Å². The molecule has 2 N–H and O–H groups in total. The molecule has 3 nitrogen and oxygen atoms in total. The number of carbonyl (C=O) groups is 1. The van der Waals surface area contributed by atoms with Crippen molar-refractivity contribution in [1.29, 1.82) is 0 Å². The van der Waals surface area contributed by atoms with Crippen molar-refractivity contribution in [3.8, 4) is 0 Å². The van der Waals surface area contributed by atoms with E-state index >= 15 is 0 Å². The normalized spacial score (nSPS) is 27.2. The van der Waals surface area contributed by atoms with E-state index in [2.05, 4.69) is 5.32 Å². The molecule has 0 aromatic heterocycles. The van der Waals surface area contributed by atoms with Crippen molar-refractivity contribution < 1.29 is 9.90 Å². The van der Waals surface area contributed by atoms with E-state index in [4.69, 9.17) is 0 Å². The highest BCUT2D eigenvalue weighted by Gasteiger charge is 2.51. The number of fused-ring (bicyclic) bond motifs is 1. The van der Waals surface area contributed by atoms with E-state index in [1.165, 1.54) is 6.42 Å². The molecule has 0 spiro atoms. The van der Waals surface area contributed by atoms with E-state index < -0.39 is 5.60 Å². The van der Waals surface area contributed by atoms with Gasteiger partial charge in [0.05, 0.1) is 5.69 Å². The molecule has 1 fully saturated rings. The third-order valence-corrected chi connectivity index (χ3v) is 4.93. The summed E-state index contributed by atoms with van der Waals surface area (Å²) in [6, 6.07) is 3.92. The van der Waals surface area contributed by atoms with E-state index in [1.54, 1.807) is 0 Å². The molecule has 1 heterocycles. The van der Waals surface area contributed by atoms with Crippen LogP contribution in [-0.2, 0) is 10.4 Å². The number of hydrogen-bond acceptors (Lipinski definition) is 2. The predicted octanol–water partition coefficient (Wildman–Crippen LogP) is 3.02. The van der Waals surface area contributed by atoms with Gasteiger partial charge in [0.2, 0.25) is 0 Å². The second-order valence-corrected chi connectivity index (χ2v) is 5.99. The Hall–Kier alpha value is -1.35. The Balaban J connectivity index is 2.09. The number of anilines is 1. The fourth-order valence-corrected chi connectivity index (χ4v) is 3.55. The average Bonchev–Trinajstić information content (AvgIpc) is 2.69. The fourth-order valence-electron chi connectivity index (χ4n) is 3.55. The van der Waals surface area contributed by atoms with Gasteiger partial charge in [-0.05, 0) is 37.8 Å². The summed E-state index contributed by atoms with van der Waals surface area (Å²) in [5, 5.41) is 13.9. The van der Waals surface area contributed by atoms with Crippen LogP contribution in [0, 0.1) is 19.8 Å². The van der Waals surface area contributed by atoms with Gasteiger partial charge in [0.1, 0.15) is 0 Å². The molecule has 0 bridgehead atoms. The van der Waals surface area contributed by atoms with E-state index in [0.717, 1.165) is 48.1 Å². The first-order valence-corrected chi connectivity index (χ1v) is 7.19. The summed E-state index contributed by atoms with van der Waals surface area (Å²) >= 11 is 0. The first-order chi connectivity index (χ1) is 9.05. The lowest BCUT2D eigenvalue weighted by Gasteiger charge is -2.33. The van der Waals surface area contributed by atoms with Crippen molar-refractivity contribution in [2.45, 2.75) is 51.6 Å². The predicted molar refractivity (Wildman–Crippen MR) is 75.0 cm³/mol. The smallest absolute Gasteiger partial charge is 0.261 e. The molecule has 3 rings (SSSR count). The number of aryl methyl sites for hydroxylation is 1. The molecule has 1 atom stereocenters. The molecule has 1 aromatic carbocycles. The fraction of sp³-hybridized carbons (Fsp3) is 0.562. The third-order valence-electron chi connectivity index (χ3n) is 4.93. The van der Waals surface area contributed by atoms with Crippen LogP contribution in [0.25, 0.3) is 0 Å². The maximum atomic E-state index is 12.4. The third kappa shape index (κ3) is 1.71. The minimum Gasteiger partial charge on any atom is -0.375 e. The first-order valence-electron chi connectivity index (χ1n) is 7.19. The Morgan fingerprint density at radius 1 is 1.21 bits per heavy atom. The number of carbonyl (C=O) groups excluding carboxylic acids is 1. The van der Waals surface area contributed by atoms with Crippen molar-refractivity contribution in [2.75, 3.05) is 5.32 Å². The van der Waals surface area contributed by atoms with Crippen molar-refractivity contribution in [3.05, 3.63) is 28.8 Å². The Morgan fingerprint density at radius 2 is 1.89 bits per heavy atom. The van der Waals surface area contributed by atoms with Gasteiger partial charge in [0.15, 0.2) is 5.60 Å². The van der Waals surface area contributed by atoms with Crippen LogP contribution < -0.4 is 5.32 Å². The molecule has 1 aromatic rings. The van der Waals surface area contributed by atoms with E-state index in [0.29, 0.717) is 0 Å². The lowest BCUT2D eigenvalue weighted by molar-refractivity contribution is -0.141. The molecule has 3 heteroatoms. The van der Waals surface area contributed by atoms with Gasteiger partial charge in [-0.3, -0.25) is 4.79 Å². The molecular weight excluding hydrogens is 238 g/mol. The van der Waals surface area contributed by atoms with Crippen LogP contribution in [0.5, 0.6) is 0 Å². The van der Waals surface area contributed by atoms with Gasteiger partial charge in [0.25, 0.3) is 5.91 Å². The molecule has 1 saturated carbocycles. The second kappa shape index (κ2) is 4.34. The lowest BCUT2D eigenvalue weighted by atomic mass is 9.73. The Labute approximate surface area is 114 Å². The highest BCUT2D eigenvalue weighted by molar-refractivity contribution is 6.06. The number of benzene rings is 1. The highest BCUT2D eigenvalue weighted by atomic mass is 16.3. The molecule has 102 valence electrons. The van der Waals surface area contributed by atoms with Crippen LogP contribution in [-0.4, -0.2) is 11.0 Å². The van der Waals surface area contributed by atoms with Gasteiger partial charge in [-0.15, -0.1) is 0 Å². The molecule has 0 radical (unpaired) electrons. The molecule has 19 heavy (non-hydrogen) atoms. The van der Waals surface area contributed by atoms with E-state index in [9.17, 15) is 9.90 Å². The van der Waals surface area contributed by atoms with Crippen LogP contribution in [0.2, 0.25) is 0 Å². The molecule has 2 aliphatic rings. The Kier molecular flexibility index (Phi) is 2.90. The monoisotopic (exact) mass is 259 g/mol. The molecule has 1 aliphatic carbocycles. The number of amides is 1. The van der Waals surface area contributed by atoms with Crippen LogP contribution in [0.3, 0.4) is 0 Å². The summed E-state index contributed by atoms with van der Waals surface area (Å²) in [6.07, 6.45) is 5.32. The second-order valence-electron chi connectivity index (χ2n) is 5.99. The number of hydrogen-bond donors (Lipinski definition) is 2. The molecular formula is C16H21NO2. The van der Waals surface area contributed by atoms with E-state index in [-0.39, 0.29) is 11.8 Å². The summed E-state index contributed by atoms with van der Waals surface area (Å²) in [7, 11) is 0. The largest absolute Gasteiger partial charge is 0.375 e. The van der Waals surface area contributed by atoms with Crippen molar-refractivity contribution in [2.24, 2.45) is 5.92 Å². The van der Waals surface area contributed by atoms with Crippen LogP contribution in [0.4, 0.5) is 5.69 Å². The average molecular weight is 259 g/mol. The summed E-state index contributed by atoms with van der Waals surface area (Å²) in [6.45, 7) is 4.03. The summed E-state index contributed by atoms with van der Waals surface area (Å²) < 4.78 is 0. The lowest BCUT2D eigenvalue weighted by Crippen LogP contribution is -2.42. The van der Waals surface area contributed by atoms with Crippen molar-refractivity contribution in [1.82, 2.24) is 0 Å². The minimum atomic E-state index is -1.31. The zero-order valence-electron chi connectivity index (χ0n) is 11.6. The van der Waals surface area contributed by atoms with Crippen LogP contribution >= 0.6 is 0 Å². The SMILES string of the molecule is Cc1ccc2c(c1C)NC(=O)C2(O)C1CCCCC1. The maximum Gasteiger partial charge on any atom is 0.261 e. The zero-order valence-corrected chi connectivity index (χ0v) is 11.6. The summed E-state index contributed by atoms with van der Waals surface area (Å²) in [5.74, 6) is -0.173. The van der Waals surface area contributed by atoms with E-state index in [1.807, 2.05) is 26.0 Å². The standard InChI is InChI=1S/C16H21NO2/c1-10-8-9-13-14(11(10)2)17-15(18)16(13,19)12-6-4-3-5-7-12/h8-9,12,19H,3-7H2,1-2H3,(H,17,18). The number of rotatable bonds is 1. The zero-order chi connectivity index (χ0) is 13.6. The number of nitrogens with one attached hydrogen (secondary N) is 1. The minimum absolute atomic E-state index is 0.0598. The molecule has 1 unspecified atom stereocenters.